The van der Waals surface area contributed by atoms with Gasteiger partial charge in [-0.15, -0.1) is 6.58 Å². The lowest BCUT2D eigenvalue weighted by molar-refractivity contribution is -0.203. The number of fused-ring (bicyclic) bond motifs is 1. The van der Waals surface area contributed by atoms with Crippen molar-refractivity contribution in [3.63, 3.8) is 0 Å². The third-order valence-corrected chi connectivity index (χ3v) is 17.1. The third kappa shape index (κ3) is 4.84. The van der Waals surface area contributed by atoms with E-state index in [0.29, 0.717) is 6.61 Å². The molecule has 0 unspecified atom stereocenters. The molecule has 30 heavy (non-hydrogen) atoms. The van der Waals surface area contributed by atoms with Crippen molar-refractivity contribution in [1.82, 2.24) is 0 Å². The van der Waals surface area contributed by atoms with Crippen molar-refractivity contribution in [3.05, 3.63) is 12.7 Å². The molecule has 2 saturated heterocycles. The van der Waals surface area contributed by atoms with Crippen molar-refractivity contribution in [3.8, 4) is 0 Å². The Kier molecular flexibility index (Phi) is 7.37. The summed E-state index contributed by atoms with van der Waals surface area (Å²) in [5, 5.41) is 0.0895. The van der Waals surface area contributed by atoms with E-state index < -0.39 is 16.9 Å². The van der Waals surface area contributed by atoms with E-state index >= 15 is 0 Å². The second kappa shape index (κ2) is 8.42. The Bertz CT molecular complexity index is 598. The van der Waals surface area contributed by atoms with E-state index in [4.69, 9.17) is 18.0 Å². The lowest BCUT2D eigenvalue weighted by Gasteiger charge is -2.57. The molecule has 2 aliphatic rings. The van der Waals surface area contributed by atoms with Crippen molar-refractivity contribution < 1.29 is 18.0 Å². The van der Waals surface area contributed by atoms with Crippen molar-refractivity contribution in [2.24, 2.45) is 5.92 Å². The first-order valence-electron chi connectivity index (χ1n) is 11.6. The molecule has 4 nitrogen and oxygen atoms in total. The zero-order valence-electron chi connectivity index (χ0n) is 21.7. The molecule has 0 amide bonds. The fraction of sp³-hybridized carbons (Fsp3) is 0.917. The fourth-order valence-corrected chi connectivity index (χ4v) is 11.1. The van der Waals surface area contributed by atoms with E-state index in [1.807, 2.05) is 6.08 Å². The first-order chi connectivity index (χ1) is 13.4. The Morgan fingerprint density at radius 3 is 1.97 bits per heavy atom. The van der Waals surface area contributed by atoms with Gasteiger partial charge in [0.05, 0.1) is 24.9 Å². The normalized spacial score (nSPS) is 31.7. The van der Waals surface area contributed by atoms with Gasteiger partial charge in [-0.3, -0.25) is 0 Å². The van der Waals surface area contributed by atoms with E-state index in [1.165, 1.54) is 0 Å². The maximum atomic E-state index is 7.00. The highest BCUT2D eigenvalue weighted by atomic mass is 28.4. The summed E-state index contributed by atoms with van der Waals surface area (Å²) in [6, 6.07) is 0. The molecule has 0 saturated carbocycles. The zero-order chi connectivity index (χ0) is 23.3. The minimum absolute atomic E-state index is 0.0106. The van der Waals surface area contributed by atoms with Crippen LogP contribution in [0.2, 0.25) is 28.2 Å². The van der Waals surface area contributed by atoms with Crippen LogP contribution in [0.4, 0.5) is 0 Å². The molecule has 0 radical (unpaired) electrons. The summed E-state index contributed by atoms with van der Waals surface area (Å²) < 4.78 is 27.2. The first kappa shape index (κ1) is 26.3. The molecular weight excluding hydrogens is 408 g/mol. The number of hydrogen-bond acceptors (Lipinski definition) is 4. The average Bonchev–Trinajstić information content (AvgIpc) is 2.56. The lowest BCUT2D eigenvalue weighted by atomic mass is 9.91. The molecule has 6 heteroatoms. The van der Waals surface area contributed by atoms with E-state index in [-0.39, 0.29) is 45.4 Å². The summed E-state index contributed by atoms with van der Waals surface area (Å²) in [6.45, 7) is 31.9. The molecule has 2 heterocycles. The molecular formula is C24H48O4Si2. The molecule has 0 bridgehead atoms. The van der Waals surface area contributed by atoms with Gasteiger partial charge in [0.15, 0.2) is 8.32 Å². The van der Waals surface area contributed by atoms with E-state index in [2.05, 4.69) is 88.9 Å². The highest BCUT2D eigenvalue weighted by molar-refractivity contribution is 6.74. The van der Waals surface area contributed by atoms with Crippen molar-refractivity contribution in [1.29, 1.82) is 0 Å². The second-order valence-corrected chi connectivity index (χ2v) is 22.5. The van der Waals surface area contributed by atoms with Crippen LogP contribution in [0, 0.1) is 5.92 Å². The first-order valence-corrected chi connectivity index (χ1v) is 16.4. The highest BCUT2D eigenvalue weighted by Crippen LogP contribution is 2.55. The molecule has 2 rings (SSSR count). The fourth-order valence-electron chi connectivity index (χ4n) is 4.79. The predicted molar refractivity (Wildman–Crippen MR) is 131 cm³/mol. The van der Waals surface area contributed by atoms with Crippen LogP contribution in [0.5, 0.6) is 0 Å². The monoisotopic (exact) mass is 456 g/mol. The van der Waals surface area contributed by atoms with Crippen LogP contribution in [-0.2, 0) is 18.0 Å². The summed E-state index contributed by atoms with van der Waals surface area (Å²) >= 11 is 0. The van der Waals surface area contributed by atoms with Gasteiger partial charge in [-0.25, -0.2) is 0 Å². The molecule has 0 aromatic rings. The average molecular weight is 457 g/mol. The third-order valence-electron chi connectivity index (χ3n) is 7.46. The molecule has 176 valence electrons. The van der Waals surface area contributed by atoms with Gasteiger partial charge in [-0.2, -0.15) is 0 Å². The van der Waals surface area contributed by atoms with E-state index in [0.717, 1.165) is 6.42 Å². The Morgan fingerprint density at radius 1 is 1.00 bits per heavy atom. The summed E-state index contributed by atoms with van der Waals surface area (Å²) in [4.78, 5) is 0. The van der Waals surface area contributed by atoms with E-state index in [9.17, 15) is 0 Å². The zero-order valence-corrected chi connectivity index (χ0v) is 23.7. The lowest BCUT2D eigenvalue weighted by Crippen LogP contribution is -2.68. The van der Waals surface area contributed by atoms with Gasteiger partial charge in [-0.05, 0) is 18.1 Å². The molecule has 0 aromatic heterocycles. The smallest absolute Gasteiger partial charge is 0.349 e. The quantitative estimate of drug-likeness (QED) is 0.344. The van der Waals surface area contributed by atoms with Gasteiger partial charge in [0.2, 0.25) is 0 Å². The van der Waals surface area contributed by atoms with Gasteiger partial charge in [0, 0.05) is 22.4 Å². The molecule has 2 fully saturated rings. The van der Waals surface area contributed by atoms with Crippen LogP contribution in [0.25, 0.3) is 0 Å². The van der Waals surface area contributed by atoms with Crippen LogP contribution in [-0.4, -0.2) is 47.9 Å². The van der Waals surface area contributed by atoms with Gasteiger partial charge in [0.25, 0.3) is 0 Å². The van der Waals surface area contributed by atoms with Crippen LogP contribution >= 0.6 is 0 Å². The van der Waals surface area contributed by atoms with Crippen molar-refractivity contribution in [2.75, 3.05) is 6.61 Å². The predicted octanol–water partition coefficient (Wildman–Crippen LogP) is 6.81. The minimum Gasteiger partial charge on any atom is -0.411 e. The minimum atomic E-state index is -2.52. The standard InChI is InChI=1S/C24H48O4Si2/c1-14-17(2)21-19(27-29(12,13)22(3,4)5)15-18-20(26-21)16-25-30(28-18,23(6,7)8)24(9,10)11/h14,17-21H,1,15-16H2,2-13H3/t17-,18+,19-,20+,21-/m0/s1. The van der Waals surface area contributed by atoms with Crippen molar-refractivity contribution >= 4 is 16.9 Å². The van der Waals surface area contributed by atoms with Crippen molar-refractivity contribution in [2.45, 2.75) is 128 Å². The highest BCUT2D eigenvalue weighted by Gasteiger charge is 2.63. The topological polar surface area (TPSA) is 36.9 Å². The summed E-state index contributed by atoms with van der Waals surface area (Å²) in [7, 11) is -4.47. The molecule has 0 aromatic carbocycles. The maximum Gasteiger partial charge on any atom is 0.349 e. The number of rotatable bonds is 4. The van der Waals surface area contributed by atoms with E-state index in [1.54, 1.807) is 0 Å². The molecule has 0 spiro atoms. The summed E-state index contributed by atoms with van der Waals surface area (Å²) in [6.07, 6.45) is 2.84. The molecule has 5 atom stereocenters. The summed E-state index contributed by atoms with van der Waals surface area (Å²) in [5.41, 5.74) is 0. The Morgan fingerprint density at radius 2 is 1.53 bits per heavy atom. The van der Waals surface area contributed by atoms with Crippen LogP contribution in [0.3, 0.4) is 0 Å². The SMILES string of the molecule is C=C[C@H](C)[C@@H]1O[C@@H]2CO[Si](C(C)(C)C)(C(C)(C)C)O[C@@H]2C[C@@H]1O[Si](C)(C)C(C)(C)C. The van der Waals surface area contributed by atoms with Gasteiger partial charge >= 0.3 is 8.56 Å². The van der Waals surface area contributed by atoms with Crippen LogP contribution in [0.1, 0.15) is 75.7 Å². The molecule has 0 aliphatic carbocycles. The van der Waals surface area contributed by atoms with Crippen LogP contribution < -0.4 is 0 Å². The number of ether oxygens (including phenoxy) is 1. The Hall–Kier alpha value is 0.0138. The largest absolute Gasteiger partial charge is 0.411 e. The summed E-state index contributed by atoms with van der Waals surface area (Å²) in [5.74, 6) is 0.217. The van der Waals surface area contributed by atoms with Gasteiger partial charge < -0.3 is 18.0 Å². The molecule has 0 N–H and O–H groups in total. The number of hydrogen-bond donors (Lipinski definition) is 0. The van der Waals surface area contributed by atoms with Crippen LogP contribution in [0.15, 0.2) is 12.7 Å². The molecule has 2 aliphatic heterocycles. The van der Waals surface area contributed by atoms with Gasteiger partial charge in [-0.1, -0.05) is 75.3 Å². The Labute approximate surface area is 188 Å². The Balaban J connectivity index is 2.36. The second-order valence-electron chi connectivity index (χ2n) is 13.0. The van der Waals surface area contributed by atoms with Gasteiger partial charge in [0.1, 0.15) is 6.10 Å². The maximum absolute atomic E-state index is 7.00.